The van der Waals surface area contributed by atoms with Crippen LogP contribution in [-0.2, 0) is 20.7 Å². The number of benzene rings is 1. The Morgan fingerprint density at radius 3 is 2.65 bits per heavy atom. The van der Waals surface area contributed by atoms with Crippen molar-refractivity contribution in [1.29, 1.82) is 0 Å². The minimum atomic E-state index is -0.793. The summed E-state index contributed by atoms with van der Waals surface area (Å²) in [6.07, 6.45) is -0.715. The number of methoxy groups -OCH3 is 1. The van der Waals surface area contributed by atoms with Gasteiger partial charge >= 0.3 is 5.97 Å². The van der Waals surface area contributed by atoms with Gasteiger partial charge in [-0.3, -0.25) is 9.59 Å². The molecule has 0 unspecified atom stereocenters. The largest absolute Gasteiger partial charge is 0.496 e. The molecule has 0 saturated heterocycles. The molecule has 1 N–H and O–H groups in total. The molecule has 20 heavy (non-hydrogen) atoms. The van der Waals surface area contributed by atoms with Crippen molar-refractivity contribution in [2.45, 2.75) is 33.3 Å². The van der Waals surface area contributed by atoms with Crippen LogP contribution in [-0.4, -0.2) is 31.6 Å². The maximum Gasteiger partial charge on any atom is 0.311 e. The van der Waals surface area contributed by atoms with Crippen LogP contribution in [0.2, 0.25) is 0 Å². The Morgan fingerprint density at radius 2 is 2.05 bits per heavy atom. The molecule has 5 heteroatoms. The second kappa shape index (κ2) is 7.53. The summed E-state index contributed by atoms with van der Waals surface area (Å²) < 4.78 is 10.3. The van der Waals surface area contributed by atoms with E-state index < -0.39 is 12.1 Å². The monoisotopic (exact) mass is 279 g/mol. The third-order valence-corrected chi connectivity index (χ3v) is 2.80. The lowest BCUT2D eigenvalue weighted by Crippen LogP contribution is -2.35. The Morgan fingerprint density at radius 1 is 1.35 bits per heavy atom. The summed E-state index contributed by atoms with van der Waals surface area (Å²) in [5.74, 6) is -0.108. The molecule has 1 amide bonds. The number of ether oxygens (including phenoxy) is 2. The van der Waals surface area contributed by atoms with Crippen LogP contribution in [0.3, 0.4) is 0 Å². The summed E-state index contributed by atoms with van der Waals surface area (Å²) >= 11 is 0. The van der Waals surface area contributed by atoms with Crippen molar-refractivity contribution in [3.63, 3.8) is 0 Å². The molecule has 0 aliphatic carbocycles. The lowest BCUT2D eigenvalue weighted by molar-refractivity contribution is -0.154. The van der Waals surface area contributed by atoms with Gasteiger partial charge in [-0.05, 0) is 26.8 Å². The van der Waals surface area contributed by atoms with E-state index in [0.29, 0.717) is 12.3 Å². The van der Waals surface area contributed by atoms with Gasteiger partial charge in [-0.2, -0.15) is 0 Å². The van der Waals surface area contributed by atoms with Crippen molar-refractivity contribution in [3.8, 4) is 5.75 Å². The molecule has 0 aliphatic rings. The van der Waals surface area contributed by atoms with E-state index in [-0.39, 0.29) is 12.3 Å². The fourth-order valence-electron chi connectivity index (χ4n) is 1.81. The average Bonchev–Trinajstić information content (AvgIpc) is 2.39. The third kappa shape index (κ3) is 4.57. The second-order valence-corrected chi connectivity index (χ2v) is 4.52. The van der Waals surface area contributed by atoms with Crippen LogP contribution < -0.4 is 10.1 Å². The number of aryl methyl sites for hydroxylation is 1. The van der Waals surface area contributed by atoms with E-state index in [2.05, 4.69) is 5.32 Å². The molecular formula is C15H21NO4. The Balaban J connectivity index is 2.67. The summed E-state index contributed by atoms with van der Waals surface area (Å²) in [7, 11) is 1.55. The van der Waals surface area contributed by atoms with Crippen LogP contribution in [0.15, 0.2) is 18.2 Å². The lowest BCUT2D eigenvalue weighted by Gasteiger charge is -2.14. The first-order valence-corrected chi connectivity index (χ1v) is 6.58. The number of carbonyl (C=O) groups excluding carboxylic acids is 2. The molecule has 0 saturated carbocycles. The van der Waals surface area contributed by atoms with Crippen molar-refractivity contribution in [1.82, 2.24) is 5.32 Å². The quantitative estimate of drug-likeness (QED) is 0.804. The van der Waals surface area contributed by atoms with E-state index in [1.54, 1.807) is 14.0 Å². The smallest absolute Gasteiger partial charge is 0.311 e. The molecule has 1 atom stereocenters. The first-order chi connectivity index (χ1) is 9.47. The topological polar surface area (TPSA) is 64.6 Å². The maximum absolute atomic E-state index is 11.9. The van der Waals surface area contributed by atoms with E-state index in [1.165, 1.54) is 0 Å². The van der Waals surface area contributed by atoms with Crippen LogP contribution in [0.5, 0.6) is 5.75 Å². The molecule has 110 valence electrons. The maximum atomic E-state index is 11.9. The standard InChI is InChI=1S/C15H21NO4/c1-5-16-15(18)11(3)20-14(17)9-12-8-10(2)6-7-13(12)19-4/h6-8,11H,5,9H2,1-4H3,(H,16,18)/t11-/m0/s1. The Hall–Kier alpha value is -2.04. The van der Waals surface area contributed by atoms with E-state index in [4.69, 9.17) is 9.47 Å². The van der Waals surface area contributed by atoms with Crippen molar-refractivity contribution in [2.24, 2.45) is 0 Å². The van der Waals surface area contributed by atoms with Gasteiger partial charge in [0.1, 0.15) is 5.75 Å². The van der Waals surface area contributed by atoms with Crippen LogP contribution in [0, 0.1) is 6.92 Å². The number of carbonyl (C=O) groups is 2. The molecule has 0 heterocycles. The summed E-state index contributed by atoms with van der Waals surface area (Å²) in [5, 5.41) is 2.61. The number of esters is 1. The zero-order valence-corrected chi connectivity index (χ0v) is 12.4. The summed E-state index contributed by atoms with van der Waals surface area (Å²) in [6.45, 7) is 5.80. The fraction of sp³-hybridized carbons (Fsp3) is 0.467. The van der Waals surface area contributed by atoms with Gasteiger partial charge in [-0.15, -0.1) is 0 Å². The van der Waals surface area contributed by atoms with Crippen molar-refractivity contribution in [2.75, 3.05) is 13.7 Å². The molecule has 5 nitrogen and oxygen atoms in total. The SMILES string of the molecule is CCNC(=O)[C@H](C)OC(=O)Cc1cc(C)ccc1OC. The zero-order chi connectivity index (χ0) is 15.1. The zero-order valence-electron chi connectivity index (χ0n) is 12.4. The van der Waals surface area contributed by atoms with Gasteiger partial charge in [0.2, 0.25) is 0 Å². The Kier molecular flexibility index (Phi) is 6.03. The lowest BCUT2D eigenvalue weighted by atomic mass is 10.1. The highest BCUT2D eigenvalue weighted by Gasteiger charge is 2.18. The molecule has 1 aromatic carbocycles. The van der Waals surface area contributed by atoms with Gasteiger partial charge in [0, 0.05) is 12.1 Å². The van der Waals surface area contributed by atoms with E-state index in [1.807, 2.05) is 32.0 Å². The van der Waals surface area contributed by atoms with Crippen molar-refractivity contribution >= 4 is 11.9 Å². The van der Waals surface area contributed by atoms with E-state index in [0.717, 1.165) is 11.1 Å². The second-order valence-electron chi connectivity index (χ2n) is 4.52. The van der Waals surface area contributed by atoms with Gasteiger partial charge in [-0.1, -0.05) is 17.7 Å². The first kappa shape index (κ1) is 16.0. The number of hydrogen-bond acceptors (Lipinski definition) is 4. The van der Waals surface area contributed by atoms with Gasteiger partial charge in [-0.25, -0.2) is 0 Å². The highest BCUT2D eigenvalue weighted by atomic mass is 16.5. The number of amides is 1. The molecule has 0 radical (unpaired) electrons. The summed E-state index contributed by atoms with van der Waals surface area (Å²) in [5.41, 5.74) is 1.78. The minimum Gasteiger partial charge on any atom is -0.496 e. The van der Waals surface area contributed by atoms with Gasteiger partial charge < -0.3 is 14.8 Å². The number of hydrogen-bond donors (Lipinski definition) is 1. The first-order valence-electron chi connectivity index (χ1n) is 6.58. The van der Waals surface area contributed by atoms with Gasteiger partial charge in [0.15, 0.2) is 6.10 Å². The molecular weight excluding hydrogens is 258 g/mol. The van der Waals surface area contributed by atoms with Crippen molar-refractivity contribution in [3.05, 3.63) is 29.3 Å². The predicted octanol–water partition coefficient (Wildman–Crippen LogP) is 1.61. The molecule has 0 spiro atoms. The van der Waals surface area contributed by atoms with Crippen molar-refractivity contribution < 1.29 is 19.1 Å². The number of rotatable bonds is 6. The molecule has 1 aromatic rings. The van der Waals surface area contributed by atoms with Gasteiger partial charge in [0.05, 0.1) is 13.5 Å². The van der Waals surface area contributed by atoms with Crippen LogP contribution in [0.1, 0.15) is 25.0 Å². The van der Waals surface area contributed by atoms with Crippen LogP contribution >= 0.6 is 0 Å². The minimum absolute atomic E-state index is 0.0780. The van der Waals surface area contributed by atoms with E-state index in [9.17, 15) is 9.59 Å². The van der Waals surface area contributed by atoms with Crippen LogP contribution in [0.25, 0.3) is 0 Å². The summed E-state index contributed by atoms with van der Waals surface area (Å²) in [4.78, 5) is 23.3. The Bertz CT molecular complexity index is 485. The number of nitrogens with one attached hydrogen (secondary N) is 1. The highest BCUT2D eigenvalue weighted by molar-refractivity contribution is 5.84. The molecule has 0 aliphatic heterocycles. The third-order valence-electron chi connectivity index (χ3n) is 2.80. The van der Waals surface area contributed by atoms with Gasteiger partial charge in [0.25, 0.3) is 5.91 Å². The summed E-state index contributed by atoms with van der Waals surface area (Å²) in [6, 6.07) is 5.59. The molecule has 0 fully saturated rings. The molecule has 0 aromatic heterocycles. The molecule has 0 bridgehead atoms. The predicted molar refractivity (Wildman–Crippen MR) is 75.7 cm³/mol. The number of likely N-dealkylation sites (N-methyl/N-ethyl adjacent to an activating group) is 1. The Labute approximate surface area is 119 Å². The highest BCUT2D eigenvalue weighted by Crippen LogP contribution is 2.20. The van der Waals surface area contributed by atoms with Crippen LogP contribution in [0.4, 0.5) is 0 Å². The molecule has 1 rings (SSSR count). The average molecular weight is 279 g/mol. The van der Waals surface area contributed by atoms with E-state index >= 15 is 0 Å². The fourth-order valence-corrected chi connectivity index (χ4v) is 1.81. The normalized spacial score (nSPS) is 11.6.